The van der Waals surface area contributed by atoms with Crippen LogP contribution in [0.25, 0.3) is 0 Å². The molecular weight excluding hydrogens is 178 g/mol. The highest BCUT2D eigenvalue weighted by Crippen LogP contribution is 2.22. The van der Waals surface area contributed by atoms with E-state index in [1.807, 2.05) is 0 Å². The number of hydrogen-bond donors (Lipinski definition) is 1. The van der Waals surface area contributed by atoms with E-state index in [1.54, 1.807) is 18.6 Å². The summed E-state index contributed by atoms with van der Waals surface area (Å²) < 4.78 is 0. The Hall–Kier alpha value is -1.00. The molecule has 76 valence electrons. The highest BCUT2D eigenvalue weighted by atomic mass is 16.3. The zero-order valence-electron chi connectivity index (χ0n) is 8.30. The number of nitrogens with zero attached hydrogens (tertiary/aromatic N) is 3. The number of aliphatic hydroxyl groups excluding tert-OH is 1. The molecule has 1 fully saturated rings. The average Bonchev–Trinajstić information content (AvgIpc) is 2.65. The molecule has 0 saturated carbocycles. The van der Waals surface area contributed by atoms with Crippen molar-refractivity contribution in [3.05, 3.63) is 24.3 Å². The Morgan fingerprint density at radius 2 is 2.43 bits per heavy atom. The maximum absolute atomic E-state index is 9.42. The molecule has 4 nitrogen and oxygen atoms in total. The van der Waals surface area contributed by atoms with Crippen LogP contribution in [-0.4, -0.2) is 39.2 Å². The predicted molar refractivity (Wildman–Crippen MR) is 52.6 cm³/mol. The van der Waals surface area contributed by atoms with Crippen molar-refractivity contribution in [3.8, 4) is 0 Å². The van der Waals surface area contributed by atoms with Crippen molar-refractivity contribution >= 4 is 0 Å². The fraction of sp³-hybridized carbons (Fsp3) is 0.600. The van der Waals surface area contributed by atoms with Gasteiger partial charge in [0.25, 0.3) is 0 Å². The number of β-amino-alcohol motifs (C(OH)–C–C–N with tert-alkyl or cyclic N) is 1. The van der Waals surface area contributed by atoms with E-state index in [9.17, 15) is 5.11 Å². The smallest absolute Gasteiger partial charge is 0.0755 e. The van der Waals surface area contributed by atoms with E-state index in [0.717, 1.165) is 25.2 Å². The second-order valence-corrected chi connectivity index (χ2v) is 3.74. The van der Waals surface area contributed by atoms with Crippen LogP contribution >= 0.6 is 0 Å². The van der Waals surface area contributed by atoms with Crippen LogP contribution in [0.4, 0.5) is 0 Å². The molecule has 0 spiro atoms. The van der Waals surface area contributed by atoms with Crippen molar-refractivity contribution in [1.29, 1.82) is 0 Å². The van der Waals surface area contributed by atoms with E-state index in [4.69, 9.17) is 0 Å². The minimum absolute atomic E-state index is 0.172. The monoisotopic (exact) mass is 193 g/mol. The Bertz CT molecular complexity index is 291. The quantitative estimate of drug-likeness (QED) is 0.747. The predicted octanol–water partition coefficient (Wildman–Crippen LogP) is 0.604. The molecule has 4 heteroatoms. The standard InChI is InChI=1S/C10H15N3O/c1-8(10-6-11-3-4-12-10)13-5-2-9(14)7-13/h3-4,6,8-9,14H,2,5,7H2,1H3/t8?,9-/m1/s1. The van der Waals surface area contributed by atoms with Crippen LogP contribution in [0.5, 0.6) is 0 Å². The zero-order chi connectivity index (χ0) is 9.97. The topological polar surface area (TPSA) is 49.2 Å². The van der Waals surface area contributed by atoms with Gasteiger partial charge in [0.2, 0.25) is 0 Å². The van der Waals surface area contributed by atoms with Gasteiger partial charge in [-0.25, -0.2) is 0 Å². The molecule has 0 radical (unpaired) electrons. The van der Waals surface area contributed by atoms with Gasteiger partial charge in [-0.2, -0.15) is 0 Å². The maximum Gasteiger partial charge on any atom is 0.0755 e. The van der Waals surface area contributed by atoms with Gasteiger partial charge in [-0.15, -0.1) is 0 Å². The number of likely N-dealkylation sites (tertiary alicyclic amines) is 1. The molecule has 1 aliphatic heterocycles. The van der Waals surface area contributed by atoms with Crippen molar-refractivity contribution in [3.63, 3.8) is 0 Å². The third-order valence-corrected chi connectivity index (χ3v) is 2.75. The number of aromatic nitrogens is 2. The zero-order valence-corrected chi connectivity index (χ0v) is 8.30. The van der Waals surface area contributed by atoms with Crippen LogP contribution in [-0.2, 0) is 0 Å². The second kappa shape index (κ2) is 4.02. The molecule has 0 aromatic carbocycles. The SMILES string of the molecule is CC(c1cnccn1)N1CC[C@@H](O)C1. The van der Waals surface area contributed by atoms with Crippen LogP contribution in [0, 0.1) is 0 Å². The molecule has 14 heavy (non-hydrogen) atoms. The summed E-state index contributed by atoms with van der Waals surface area (Å²) in [4.78, 5) is 10.5. The van der Waals surface area contributed by atoms with Crippen molar-refractivity contribution < 1.29 is 5.11 Å². The second-order valence-electron chi connectivity index (χ2n) is 3.74. The number of aliphatic hydroxyl groups is 1. The number of rotatable bonds is 2. The van der Waals surface area contributed by atoms with Gasteiger partial charge in [-0.3, -0.25) is 14.9 Å². The molecule has 0 bridgehead atoms. The van der Waals surface area contributed by atoms with Gasteiger partial charge < -0.3 is 5.11 Å². The van der Waals surface area contributed by atoms with Gasteiger partial charge in [0.1, 0.15) is 0 Å². The molecule has 1 aromatic rings. The lowest BCUT2D eigenvalue weighted by Gasteiger charge is -2.22. The Morgan fingerprint density at radius 3 is 3.00 bits per heavy atom. The largest absolute Gasteiger partial charge is 0.392 e. The van der Waals surface area contributed by atoms with Crippen LogP contribution in [0.3, 0.4) is 0 Å². The lowest BCUT2D eigenvalue weighted by atomic mass is 10.2. The summed E-state index contributed by atoms with van der Waals surface area (Å²) in [6, 6.07) is 0.251. The third kappa shape index (κ3) is 1.91. The molecular formula is C10H15N3O. The summed E-state index contributed by atoms with van der Waals surface area (Å²) in [5.41, 5.74) is 0.974. The Kier molecular flexibility index (Phi) is 2.74. The molecule has 1 aromatic heterocycles. The first-order chi connectivity index (χ1) is 6.77. The average molecular weight is 193 g/mol. The third-order valence-electron chi connectivity index (χ3n) is 2.75. The van der Waals surface area contributed by atoms with Crippen molar-refractivity contribution in [2.45, 2.75) is 25.5 Å². The lowest BCUT2D eigenvalue weighted by Crippen LogP contribution is -2.26. The Balaban J connectivity index is 2.05. The van der Waals surface area contributed by atoms with E-state index in [1.165, 1.54) is 0 Å². The first kappa shape index (κ1) is 9.55. The van der Waals surface area contributed by atoms with E-state index in [-0.39, 0.29) is 12.1 Å². The molecule has 2 rings (SSSR count). The summed E-state index contributed by atoms with van der Waals surface area (Å²) in [6.07, 6.45) is 5.86. The Morgan fingerprint density at radius 1 is 1.57 bits per heavy atom. The highest BCUT2D eigenvalue weighted by molar-refractivity contribution is 5.02. The van der Waals surface area contributed by atoms with E-state index < -0.39 is 0 Å². The highest BCUT2D eigenvalue weighted by Gasteiger charge is 2.25. The van der Waals surface area contributed by atoms with Gasteiger partial charge in [-0.1, -0.05) is 0 Å². The van der Waals surface area contributed by atoms with Gasteiger partial charge in [0, 0.05) is 31.7 Å². The minimum atomic E-state index is -0.172. The fourth-order valence-corrected chi connectivity index (χ4v) is 1.83. The first-order valence-corrected chi connectivity index (χ1v) is 4.95. The molecule has 1 saturated heterocycles. The minimum Gasteiger partial charge on any atom is -0.392 e. The molecule has 2 heterocycles. The van der Waals surface area contributed by atoms with Crippen molar-refractivity contribution in [1.82, 2.24) is 14.9 Å². The summed E-state index contributed by atoms with van der Waals surface area (Å²) in [6.45, 7) is 3.79. The molecule has 1 aliphatic rings. The van der Waals surface area contributed by atoms with Gasteiger partial charge in [0.05, 0.1) is 17.8 Å². The summed E-state index contributed by atoms with van der Waals surface area (Å²) in [7, 11) is 0. The van der Waals surface area contributed by atoms with Crippen LogP contribution in [0.15, 0.2) is 18.6 Å². The summed E-state index contributed by atoms with van der Waals surface area (Å²) >= 11 is 0. The normalized spacial score (nSPS) is 25.1. The molecule has 0 amide bonds. The van der Waals surface area contributed by atoms with E-state index >= 15 is 0 Å². The molecule has 1 N–H and O–H groups in total. The van der Waals surface area contributed by atoms with Crippen molar-refractivity contribution in [2.75, 3.05) is 13.1 Å². The van der Waals surface area contributed by atoms with Crippen LogP contribution in [0.2, 0.25) is 0 Å². The molecule has 1 unspecified atom stereocenters. The lowest BCUT2D eigenvalue weighted by molar-refractivity contribution is 0.162. The van der Waals surface area contributed by atoms with Gasteiger partial charge >= 0.3 is 0 Å². The summed E-state index contributed by atoms with van der Waals surface area (Å²) in [5, 5.41) is 9.42. The molecule has 0 aliphatic carbocycles. The van der Waals surface area contributed by atoms with Crippen LogP contribution < -0.4 is 0 Å². The van der Waals surface area contributed by atoms with Gasteiger partial charge in [-0.05, 0) is 13.3 Å². The van der Waals surface area contributed by atoms with Gasteiger partial charge in [0.15, 0.2) is 0 Å². The fourth-order valence-electron chi connectivity index (χ4n) is 1.83. The Labute approximate surface area is 83.6 Å². The van der Waals surface area contributed by atoms with Crippen molar-refractivity contribution in [2.24, 2.45) is 0 Å². The summed E-state index contributed by atoms with van der Waals surface area (Å²) in [5.74, 6) is 0. The maximum atomic E-state index is 9.42. The van der Waals surface area contributed by atoms with E-state index in [2.05, 4.69) is 21.8 Å². The number of hydrogen-bond acceptors (Lipinski definition) is 4. The van der Waals surface area contributed by atoms with Crippen LogP contribution in [0.1, 0.15) is 25.1 Å². The van der Waals surface area contributed by atoms with E-state index in [0.29, 0.717) is 0 Å². The molecule has 2 atom stereocenters. The first-order valence-electron chi connectivity index (χ1n) is 4.95.